The fourth-order valence-corrected chi connectivity index (χ4v) is 2.35. The summed E-state index contributed by atoms with van der Waals surface area (Å²) in [5, 5.41) is 1.31. The minimum absolute atomic E-state index is 0.121. The van der Waals surface area contributed by atoms with E-state index in [0.717, 1.165) is 23.0 Å². The Morgan fingerprint density at radius 1 is 1.41 bits per heavy atom. The number of rotatable bonds is 4. The topological polar surface area (TPSA) is 63.8 Å². The van der Waals surface area contributed by atoms with Crippen molar-refractivity contribution < 1.29 is 0 Å². The Balaban J connectivity index is 2.21. The van der Waals surface area contributed by atoms with Crippen molar-refractivity contribution in [2.45, 2.75) is 12.5 Å². The first-order valence-electron chi connectivity index (χ1n) is 4.88. The molecule has 2 aromatic rings. The molecule has 1 atom stereocenters. The molecule has 0 amide bonds. The van der Waals surface area contributed by atoms with Crippen molar-refractivity contribution in [3.05, 3.63) is 45.7 Å². The number of nitrogens with zero attached hydrogens (tertiary/aromatic N) is 2. The summed E-state index contributed by atoms with van der Waals surface area (Å²) in [6.45, 7) is 0. The molecule has 0 spiro atoms. The maximum absolute atomic E-state index is 6.10. The van der Waals surface area contributed by atoms with Crippen molar-refractivity contribution in [3.8, 4) is 0 Å². The Labute approximate surface area is 113 Å². The lowest BCUT2D eigenvalue weighted by atomic mass is 10.0. The number of hydrogen-bond acceptors (Lipinski definition) is 5. The van der Waals surface area contributed by atoms with Crippen LogP contribution < -0.4 is 11.3 Å². The van der Waals surface area contributed by atoms with Crippen molar-refractivity contribution in [2.24, 2.45) is 5.84 Å². The molecule has 0 aliphatic rings. The number of nitrogens with two attached hydrogens (primary N) is 1. The second-order valence-electron chi connectivity index (χ2n) is 3.49. The van der Waals surface area contributed by atoms with Crippen molar-refractivity contribution >= 4 is 34.9 Å². The highest BCUT2D eigenvalue weighted by Crippen LogP contribution is 2.25. The summed E-state index contributed by atoms with van der Waals surface area (Å²) in [7, 11) is 0. The fourth-order valence-electron chi connectivity index (χ4n) is 1.49. The molecular weight excluding hydrogens is 279 g/mol. The Bertz CT molecular complexity index is 489. The lowest BCUT2D eigenvalue weighted by Crippen LogP contribution is -2.29. The van der Waals surface area contributed by atoms with Gasteiger partial charge in [0.15, 0.2) is 0 Å². The van der Waals surface area contributed by atoms with Gasteiger partial charge in [-0.25, -0.2) is 0 Å². The molecule has 17 heavy (non-hydrogen) atoms. The lowest BCUT2D eigenvalue weighted by Gasteiger charge is -2.14. The van der Waals surface area contributed by atoms with Crippen LogP contribution in [0, 0.1) is 0 Å². The van der Waals surface area contributed by atoms with E-state index in [0.29, 0.717) is 16.5 Å². The standard InChI is InChI=1S/C10H10Cl2N4S/c11-7-1-2-8(12)6(3-7)4-9(15-13)10-5-14-17-16-10/h1-3,5,9,15H,4,13H2. The molecule has 0 radical (unpaired) electrons. The zero-order valence-electron chi connectivity index (χ0n) is 8.73. The second kappa shape index (κ2) is 5.75. The van der Waals surface area contributed by atoms with Gasteiger partial charge in [0.25, 0.3) is 0 Å². The van der Waals surface area contributed by atoms with Gasteiger partial charge >= 0.3 is 0 Å². The van der Waals surface area contributed by atoms with E-state index >= 15 is 0 Å². The summed E-state index contributed by atoms with van der Waals surface area (Å²) in [6, 6.07) is 5.23. The van der Waals surface area contributed by atoms with Crippen LogP contribution in [0.15, 0.2) is 24.4 Å². The first-order valence-corrected chi connectivity index (χ1v) is 6.37. The smallest absolute Gasteiger partial charge is 0.0929 e. The molecule has 1 aromatic heterocycles. The largest absolute Gasteiger partial charge is 0.271 e. The van der Waals surface area contributed by atoms with Gasteiger partial charge in [0, 0.05) is 10.0 Å². The fraction of sp³-hybridized carbons (Fsp3) is 0.200. The van der Waals surface area contributed by atoms with E-state index < -0.39 is 0 Å². The zero-order chi connectivity index (χ0) is 12.3. The van der Waals surface area contributed by atoms with Crippen molar-refractivity contribution in [1.82, 2.24) is 14.2 Å². The molecule has 1 heterocycles. The van der Waals surface area contributed by atoms with Gasteiger partial charge < -0.3 is 0 Å². The van der Waals surface area contributed by atoms with Crippen LogP contribution in [-0.2, 0) is 6.42 Å². The molecule has 7 heteroatoms. The van der Waals surface area contributed by atoms with Gasteiger partial charge in [-0.15, -0.1) is 0 Å². The van der Waals surface area contributed by atoms with Crippen LogP contribution in [0.4, 0.5) is 0 Å². The molecule has 0 fully saturated rings. The number of hydrazine groups is 1. The van der Waals surface area contributed by atoms with Gasteiger partial charge in [0.1, 0.15) is 0 Å². The van der Waals surface area contributed by atoms with Gasteiger partial charge in [0.2, 0.25) is 0 Å². The number of halogens is 2. The molecule has 3 N–H and O–H groups in total. The normalized spacial score (nSPS) is 12.6. The van der Waals surface area contributed by atoms with E-state index in [2.05, 4.69) is 14.2 Å². The minimum atomic E-state index is -0.121. The van der Waals surface area contributed by atoms with E-state index in [1.165, 1.54) is 0 Å². The lowest BCUT2D eigenvalue weighted by molar-refractivity contribution is 0.542. The average Bonchev–Trinajstić information content (AvgIpc) is 2.84. The highest BCUT2D eigenvalue weighted by atomic mass is 35.5. The van der Waals surface area contributed by atoms with Gasteiger partial charge in [-0.05, 0) is 30.2 Å². The quantitative estimate of drug-likeness (QED) is 0.671. The van der Waals surface area contributed by atoms with E-state index in [-0.39, 0.29) is 6.04 Å². The second-order valence-corrected chi connectivity index (χ2v) is 4.89. The SMILES string of the molecule is NNC(Cc1cc(Cl)ccc1Cl)c1cnsn1. The van der Waals surface area contributed by atoms with Crippen LogP contribution in [0.1, 0.15) is 17.3 Å². The third-order valence-corrected chi connectivity index (χ3v) is 3.46. The Morgan fingerprint density at radius 2 is 2.24 bits per heavy atom. The Kier molecular flexibility index (Phi) is 4.31. The molecule has 0 aliphatic heterocycles. The number of benzene rings is 1. The first-order chi connectivity index (χ1) is 8.20. The van der Waals surface area contributed by atoms with Gasteiger partial charge in [-0.2, -0.15) is 8.75 Å². The molecule has 0 bridgehead atoms. The molecule has 1 aromatic carbocycles. The molecule has 1 unspecified atom stereocenters. The van der Waals surface area contributed by atoms with Crippen molar-refractivity contribution in [2.75, 3.05) is 0 Å². The molecule has 4 nitrogen and oxygen atoms in total. The summed E-state index contributed by atoms with van der Waals surface area (Å²) in [5.74, 6) is 5.51. The van der Waals surface area contributed by atoms with Gasteiger partial charge in [-0.3, -0.25) is 11.3 Å². The summed E-state index contributed by atoms with van der Waals surface area (Å²) in [4.78, 5) is 0. The Morgan fingerprint density at radius 3 is 2.88 bits per heavy atom. The summed E-state index contributed by atoms with van der Waals surface area (Å²) in [6.07, 6.45) is 2.30. The van der Waals surface area contributed by atoms with Gasteiger partial charge in [0.05, 0.1) is 29.7 Å². The minimum Gasteiger partial charge on any atom is -0.271 e. The highest BCUT2D eigenvalue weighted by molar-refractivity contribution is 6.99. The molecule has 90 valence electrons. The summed E-state index contributed by atoms with van der Waals surface area (Å²) < 4.78 is 8.10. The van der Waals surface area contributed by atoms with Crippen molar-refractivity contribution in [1.29, 1.82) is 0 Å². The molecule has 0 aliphatic carbocycles. The predicted molar refractivity (Wildman–Crippen MR) is 70.1 cm³/mol. The van der Waals surface area contributed by atoms with Crippen LogP contribution in [0.3, 0.4) is 0 Å². The van der Waals surface area contributed by atoms with E-state index in [9.17, 15) is 0 Å². The molecular formula is C10H10Cl2N4S. The molecule has 2 rings (SSSR count). The van der Waals surface area contributed by atoms with Crippen LogP contribution in [0.2, 0.25) is 10.0 Å². The van der Waals surface area contributed by atoms with Gasteiger partial charge in [-0.1, -0.05) is 23.2 Å². The van der Waals surface area contributed by atoms with Crippen LogP contribution >= 0.6 is 34.9 Å². The van der Waals surface area contributed by atoms with Crippen LogP contribution in [0.5, 0.6) is 0 Å². The monoisotopic (exact) mass is 288 g/mol. The first kappa shape index (κ1) is 12.7. The maximum Gasteiger partial charge on any atom is 0.0929 e. The van der Waals surface area contributed by atoms with Crippen molar-refractivity contribution in [3.63, 3.8) is 0 Å². The molecule has 0 saturated heterocycles. The molecule has 0 saturated carbocycles. The van der Waals surface area contributed by atoms with E-state index in [1.807, 2.05) is 6.07 Å². The van der Waals surface area contributed by atoms with Crippen LogP contribution in [-0.4, -0.2) is 8.75 Å². The van der Waals surface area contributed by atoms with E-state index in [4.69, 9.17) is 29.0 Å². The van der Waals surface area contributed by atoms with E-state index in [1.54, 1.807) is 18.3 Å². The number of aromatic nitrogens is 2. The third-order valence-electron chi connectivity index (χ3n) is 2.37. The maximum atomic E-state index is 6.10. The number of hydrogen-bond donors (Lipinski definition) is 2. The third kappa shape index (κ3) is 3.14. The zero-order valence-corrected chi connectivity index (χ0v) is 11.1. The average molecular weight is 289 g/mol. The van der Waals surface area contributed by atoms with Crippen LogP contribution in [0.25, 0.3) is 0 Å². The summed E-state index contributed by atoms with van der Waals surface area (Å²) in [5.41, 5.74) is 4.43. The Hall–Kier alpha value is -0.720. The number of nitrogens with one attached hydrogen (secondary N) is 1. The predicted octanol–water partition coefficient (Wildman–Crippen LogP) is 2.59. The summed E-state index contributed by atoms with van der Waals surface area (Å²) >= 11 is 13.2. The highest BCUT2D eigenvalue weighted by Gasteiger charge is 2.15.